The van der Waals surface area contributed by atoms with E-state index >= 15 is 0 Å². The first-order valence-electron chi connectivity index (χ1n) is 11.9. The smallest absolute Gasteiger partial charge is 0.355 e. The number of fused-ring (bicyclic) bond motifs is 1. The van der Waals surface area contributed by atoms with Gasteiger partial charge in [0.25, 0.3) is 5.91 Å². The molecule has 10 heteroatoms. The number of alkyl halides is 3. The summed E-state index contributed by atoms with van der Waals surface area (Å²) in [7, 11) is 4.22. The number of carbonyl (C=O) groups excluding carboxylic acids is 1. The maximum atomic E-state index is 13.1. The van der Waals surface area contributed by atoms with E-state index in [0.717, 1.165) is 54.1 Å². The van der Waals surface area contributed by atoms with Crippen molar-refractivity contribution >= 4 is 39.0 Å². The molecule has 0 bridgehead atoms. The quantitative estimate of drug-likeness (QED) is 0.338. The summed E-state index contributed by atoms with van der Waals surface area (Å²) in [6.07, 6.45) is -2.42. The van der Waals surface area contributed by atoms with E-state index in [4.69, 9.17) is 9.97 Å². The number of amides is 1. The third-order valence-electron chi connectivity index (χ3n) is 6.61. The first-order valence-corrected chi connectivity index (χ1v) is 12.8. The molecule has 1 saturated heterocycles. The number of rotatable bonds is 5. The highest BCUT2D eigenvalue weighted by Crippen LogP contribution is 2.34. The van der Waals surface area contributed by atoms with Crippen LogP contribution < -0.4 is 10.2 Å². The largest absolute Gasteiger partial charge is 0.416 e. The van der Waals surface area contributed by atoms with Crippen molar-refractivity contribution < 1.29 is 18.0 Å². The number of anilines is 2. The number of hydrogen-bond acceptors (Lipinski definition) is 6. The Bertz CT molecular complexity index is 1430. The molecule has 0 saturated carbocycles. The Kier molecular flexibility index (Phi) is 6.87. The van der Waals surface area contributed by atoms with E-state index < -0.39 is 17.6 Å². The zero-order chi connectivity index (χ0) is 26.2. The SMILES string of the molecule is CN(C)C1CCN(c2nc(-c3cccc(NC(=O)c4cccc(C(F)(F)F)c4)c3)nc3ccsc23)CC1. The third-order valence-corrected chi connectivity index (χ3v) is 7.51. The molecule has 2 aromatic heterocycles. The summed E-state index contributed by atoms with van der Waals surface area (Å²) in [5.74, 6) is 0.818. The van der Waals surface area contributed by atoms with Crippen LogP contribution in [-0.2, 0) is 6.18 Å². The van der Waals surface area contributed by atoms with E-state index in [2.05, 4.69) is 29.2 Å². The number of carbonyl (C=O) groups is 1. The zero-order valence-electron chi connectivity index (χ0n) is 20.4. The van der Waals surface area contributed by atoms with Gasteiger partial charge in [0.15, 0.2) is 11.6 Å². The fraction of sp³-hybridized carbons (Fsp3) is 0.296. The monoisotopic (exact) mass is 525 g/mol. The lowest BCUT2D eigenvalue weighted by molar-refractivity contribution is -0.137. The number of thiophene rings is 1. The van der Waals surface area contributed by atoms with E-state index in [1.165, 1.54) is 12.1 Å². The van der Waals surface area contributed by atoms with E-state index in [9.17, 15) is 18.0 Å². The number of nitrogens with zero attached hydrogens (tertiary/aromatic N) is 4. The Balaban J connectivity index is 1.41. The standard InChI is InChI=1S/C27H26F3N5OS/c1-34(2)21-9-12-35(13-10-21)25-23-22(11-14-37-23)32-24(33-25)17-5-4-8-20(16-17)31-26(36)18-6-3-7-19(15-18)27(28,29)30/h3-8,11,14-16,21H,9-10,12-13H2,1-2H3,(H,31,36). The molecule has 0 unspecified atom stereocenters. The number of aromatic nitrogens is 2. The van der Waals surface area contributed by atoms with Crippen LogP contribution in [0.3, 0.4) is 0 Å². The first-order chi connectivity index (χ1) is 17.7. The van der Waals surface area contributed by atoms with Gasteiger partial charge in [-0.2, -0.15) is 13.2 Å². The molecule has 0 aliphatic carbocycles. The van der Waals surface area contributed by atoms with E-state index in [-0.39, 0.29) is 5.56 Å². The number of benzene rings is 2. The van der Waals surface area contributed by atoms with Crippen molar-refractivity contribution in [3.8, 4) is 11.4 Å². The van der Waals surface area contributed by atoms with Gasteiger partial charge in [0.05, 0.1) is 15.8 Å². The number of hydrogen-bond donors (Lipinski definition) is 1. The number of piperidine rings is 1. The molecule has 6 nitrogen and oxygen atoms in total. The van der Waals surface area contributed by atoms with Crippen LogP contribution in [0, 0.1) is 0 Å². The fourth-order valence-corrected chi connectivity index (χ4v) is 5.41. The minimum atomic E-state index is -4.52. The zero-order valence-corrected chi connectivity index (χ0v) is 21.2. The second-order valence-corrected chi connectivity index (χ2v) is 10.2. The van der Waals surface area contributed by atoms with Gasteiger partial charge in [-0.25, -0.2) is 9.97 Å². The Morgan fingerprint density at radius 1 is 1.05 bits per heavy atom. The molecule has 1 aliphatic heterocycles. The van der Waals surface area contributed by atoms with Crippen molar-refractivity contribution in [2.24, 2.45) is 0 Å². The summed E-state index contributed by atoms with van der Waals surface area (Å²) in [4.78, 5) is 26.9. The molecule has 3 heterocycles. The molecular weight excluding hydrogens is 499 g/mol. The van der Waals surface area contributed by atoms with Crippen LogP contribution in [0.25, 0.3) is 21.6 Å². The normalized spacial score (nSPS) is 14.9. The van der Waals surface area contributed by atoms with Crippen LogP contribution in [-0.4, -0.2) is 54.0 Å². The number of halogens is 3. The summed E-state index contributed by atoms with van der Waals surface area (Å²) in [5.41, 5.74) is 1.08. The fourth-order valence-electron chi connectivity index (χ4n) is 4.56. The second-order valence-electron chi connectivity index (χ2n) is 9.30. The summed E-state index contributed by atoms with van der Waals surface area (Å²) in [6.45, 7) is 1.80. The van der Waals surface area contributed by atoms with Gasteiger partial charge >= 0.3 is 6.18 Å². The van der Waals surface area contributed by atoms with Crippen molar-refractivity contribution in [2.45, 2.75) is 25.1 Å². The van der Waals surface area contributed by atoms with Crippen LogP contribution in [0.15, 0.2) is 60.0 Å². The van der Waals surface area contributed by atoms with Gasteiger partial charge in [-0.3, -0.25) is 4.79 Å². The Morgan fingerprint density at radius 2 is 1.81 bits per heavy atom. The van der Waals surface area contributed by atoms with Crippen molar-refractivity contribution in [3.63, 3.8) is 0 Å². The molecular formula is C27H26F3N5OS. The molecule has 0 radical (unpaired) electrons. The molecule has 1 aliphatic rings. The predicted octanol–water partition coefficient (Wildman–Crippen LogP) is 6.16. The highest BCUT2D eigenvalue weighted by atomic mass is 32.1. The average Bonchev–Trinajstić information content (AvgIpc) is 3.37. The third kappa shape index (κ3) is 5.45. The van der Waals surface area contributed by atoms with Gasteiger partial charge in [-0.15, -0.1) is 11.3 Å². The Morgan fingerprint density at radius 3 is 2.54 bits per heavy atom. The predicted molar refractivity (Wildman–Crippen MR) is 141 cm³/mol. The van der Waals surface area contributed by atoms with Crippen LogP contribution in [0.2, 0.25) is 0 Å². The molecule has 1 N–H and O–H groups in total. The van der Waals surface area contributed by atoms with Gasteiger partial charge in [-0.05, 0) is 68.7 Å². The van der Waals surface area contributed by atoms with Crippen molar-refractivity contribution in [1.29, 1.82) is 0 Å². The summed E-state index contributed by atoms with van der Waals surface area (Å²) in [5, 5.41) is 4.70. The van der Waals surface area contributed by atoms with Gasteiger partial charge in [0, 0.05) is 35.9 Å². The molecule has 1 fully saturated rings. The molecule has 2 aromatic carbocycles. The van der Waals surface area contributed by atoms with E-state index in [0.29, 0.717) is 23.1 Å². The van der Waals surface area contributed by atoms with Gasteiger partial charge < -0.3 is 15.1 Å². The van der Waals surface area contributed by atoms with Gasteiger partial charge in [0.2, 0.25) is 0 Å². The van der Waals surface area contributed by atoms with Crippen molar-refractivity contribution in [2.75, 3.05) is 37.4 Å². The van der Waals surface area contributed by atoms with Crippen LogP contribution in [0.1, 0.15) is 28.8 Å². The second kappa shape index (κ2) is 10.1. The van der Waals surface area contributed by atoms with E-state index in [1.54, 1.807) is 29.5 Å². The van der Waals surface area contributed by atoms with E-state index in [1.807, 2.05) is 17.5 Å². The summed E-state index contributed by atoms with van der Waals surface area (Å²) >= 11 is 1.62. The van der Waals surface area contributed by atoms with Crippen LogP contribution in [0.5, 0.6) is 0 Å². The summed E-state index contributed by atoms with van der Waals surface area (Å²) < 4.78 is 40.2. The molecule has 192 valence electrons. The molecule has 4 aromatic rings. The highest BCUT2D eigenvalue weighted by molar-refractivity contribution is 7.17. The lowest BCUT2D eigenvalue weighted by Gasteiger charge is -2.36. The van der Waals surface area contributed by atoms with Crippen molar-refractivity contribution in [3.05, 3.63) is 71.1 Å². The van der Waals surface area contributed by atoms with Gasteiger partial charge in [-0.1, -0.05) is 18.2 Å². The maximum absolute atomic E-state index is 13.1. The molecule has 37 heavy (non-hydrogen) atoms. The number of nitrogens with one attached hydrogen (secondary N) is 1. The Labute approximate surface area is 216 Å². The van der Waals surface area contributed by atoms with Crippen LogP contribution >= 0.6 is 11.3 Å². The average molecular weight is 526 g/mol. The Hall–Kier alpha value is -3.50. The minimum absolute atomic E-state index is 0.0698. The van der Waals surface area contributed by atoms with Crippen LogP contribution in [0.4, 0.5) is 24.7 Å². The first kappa shape index (κ1) is 25.2. The lowest BCUT2D eigenvalue weighted by Crippen LogP contribution is -2.42. The maximum Gasteiger partial charge on any atom is 0.416 e. The molecule has 1 amide bonds. The highest BCUT2D eigenvalue weighted by Gasteiger charge is 2.31. The minimum Gasteiger partial charge on any atom is -0.355 e. The summed E-state index contributed by atoms with van der Waals surface area (Å²) in [6, 6.07) is 13.9. The van der Waals surface area contributed by atoms with Crippen molar-refractivity contribution in [1.82, 2.24) is 14.9 Å². The van der Waals surface area contributed by atoms with Gasteiger partial charge in [0.1, 0.15) is 0 Å². The molecule has 5 rings (SSSR count). The molecule has 0 spiro atoms. The molecule has 0 atom stereocenters. The topological polar surface area (TPSA) is 61.4 Å². The lowest BCUT2D eigenvalue weighted by atomic mass is 10.0.